The van der Waals surface area contributed by atoms with Crippen LogP contribution in [0.4, 0.5) is 0 Å². The van der Waals surface area contributed by atoms with Crippen molar-refractivity contribution < 1.29 is 9.53 Å². The second-order valence-electron chi connectivity index (χ2n) is 4.54. The molecule has 2 heterocycles. The van der Waals surface area contributed by atoms with Crippen LogP contribution in [0.5, 0.6) is 0 Å². The Hall–Kier alpha value is -2.11. The van der Waals surface area contributed by atoms with Crippen molar-refractivity contribution in [2.75, 3.05) is 6.61 Å². The number of hydrogen-bond acceptors (Lipinski definition) is 4. The molecule has 0 bridgehead atoms. The molecule has 1 N–H and O–H groups in total. The van der Waals surface area contributed by atoms with E-state index in [1.807, 2.05) is 23.6 Å². The highest BCUT2D eigenvalue weighted by atomic mass is 35.5. The molecular weight excluding hydrogens is 320 g/mol. The number of hydrogen-bond donors (Lipinski definition) is 1. The first kappa shape index (κ1) is 14.8. The van der Waals surface area contributed by atoms with Crippen LogP contribution in [0.1, 0.15) is 17.6 Å². The number of carbonyl (C=O) groups is 1. The fourth-order valence-corrected chi connectivity index (χ4v) is 2.89. The Balaban J connectivity index is 2.09. The molecule has 0 aliphatic heterocycles. The zero-order valence-corrected chi connectivity index (χ0v) is 13.4. The van der Waals surface area contributed by atoms with Crippen LogP contribution in [-0.4, -0.2) is 22.5 Å². The first-order valence-electron chi connectivity index (χ1n) is 6.75. The van der Waals surface area contributed by atoms with Gasteiger partial charge in [0.1, 0.15) is 11.4 Å². The van der Waals surface area contributed by atoms with E-state index in [0.717, 1.165) is 15.9 Å². The average molecular weight is 333 g/mol. The second kappa shape index (κ2) is 6.34. The van der Waals surface area contributed by atoms with Crippen molar-refractivity contribution in [3.05, 3.63) is 51.4 Å². The van der Waals surface area contributed by atoms with Crippen molar-refractivity contribution in [1.29, 1.82) is 0 Å². The summed E-state index contributed by atoms with van der Waals surface area (Å²) < 4.78 is 5.14. The van der Waals surface area contributed by atoms with E-state index in [1.165, 1.54) is 0 Å². The first-order valence-corrected chi connectivity index (χ1v) is 8.01. The zero-order chi connectivity index (χ0) is 15.5. The number of aromatic nitrogens is 2. The third-order valence-corrected chi connectivity index (χ3v) is 4.08. The predicted molar refractivity (Wildman–Crippen MR) is 89.9 cm³/mol. The van der Waals surface area contributed by atoms with Gasteiger partial charge in [-0.25, -0.2) is 9.78 Å². The first-order chi connectivity index (χ1) is 10.7. The lowest BCUT2D eigenvalue weighted by molar-refractivity contribution is -0.136. The topological polar surface area (TPSA) is 55.0 Å². The second-order valence-corrected chi connectivity index (χ2v) is 5.96. The number of H-pyrrole nitrogens is 1. The minimum atomic E-state index is -0.402. The molecule has 22 heavy (non-hydrogen) atoms. The molecule has 3 aromatic rings. The Kier molecular flexibility index (Phi) is 4.27. The van der Waals surface area contributed by atoms with E-state index in [-0.39, 0.29) is 0 Å². The monoisotopic (exact) mass is 332 g/mol. The fraction of sp³-hybridized carbons (Fsp3) is 0.125. The van der Waals surface area contributed by atoms with Crippen LogP contribution in [0.2, 0.25) is 5.02 Å². The molecule has 6 heteroatoms. The van der Waals surface area contributed by atoms with Gasteiger partial charge < -0.3 is 9.72 Å². The Bertz CT molecular complexity index is 837. The minimum absolute atomic E-state index is 0.312. The van der Waals surface area contributed by atoms with Crippen LogP contribution in [0.3, 0.4) is 0 Å². The maximum absolute atomic E-state index is 12.2. The third kappa shape index (κ3) is 3.05. The van der Waals surface area contributed by atoms with Gasteiger partial charge in [-0.1, -0.05) is 17.7 Å². The molecule has 0 aliphatic rings. The van der Waals surface area contributed by atoms with Gasteiger partial charge in [-0.2, -0.15) is 0 Å². The van der Waals surface area contributed by atoms with Crippen molar-refractivity contribution >= 4 is 51.6 Å². The van der Waals surface area contributed by atoms with Crippen LogP contribution >= 0.6 is 22.9 Å². The predicted octanol–water partition coefficient (Wildman–Crippen LogP) is 4.38. The molecule has 4 nitrogen and oxygen atoms in total. The largest absolute Gasteiger partial charge is 0.462 e. The number of ether oxygens (including phenoxy) is 1. The molecule has 3 rings (SSSR count). The van der Waals surface area contributed by atoms with E-state index in [9.17, 15) is 4.79 Å². The number of carbonyl (C=O) groups excluding carboxylic acids is 1. The van der Waals surface area contributed by atoms with Crippen molar-refractivity contribution in [2.45, 2.75) is 6.92 Å². The molecule has 0 radical (unpaired) electrons. The number of halogens is 1. The average Bonchev–Trinajstić information content (AvgIpc) is 3.13. The summed E-state index contributed by atoms with van der Waals surface area (Å²) in [5.74, 6) is 0.0742. The van der Waals surface area contributed by atoms with Crippen LogP contribution in [0, 0.1) is 0 Å². The lowest BCUT2D eigenvalue weighted by Crippen LogP contribution is -2.07. The standard InChI is InChI=1S/C16H13ClN2O2S/c1-2-21-16(20)12(9-11-4-3-7-22-11)15-18-13-6-5-10(17)8-14(13)19-15/h3-9H,2H2,1H3,(H,18,19). The van der Waals surface area contributed by atoms with Gasteiger partial charge in [0.15, 0.2) is 0 Å². The smallest absolute Gasteiger partial charge is 0.341 e. The normalized spacial score (nSPS) is 11.8. The van der Waals surface area contributed by atoms with E-state index in [4.69, 9.17) is 16.3 Å². The molecule has 0 atom stereocenters. The summed E-state index contributed by atoms with van der Waals surface area (Å²) in [6, 6.07) is 9.22. The number of aromatic amines is 1. The zero-order valence-electron chi connectivity index (χ0n) is 11.8. The van der Waals surface area contributed by atoms with Gasteiger partial charge in [0.25, 0.3) is 0 Å². The number of fused-ring (bicyclic) bond motifs is 1. The molecule has 0 unspecified atom stereocenters. The van der Waals surface area contributed by atoms with E-state index >= 15 is 0 Å². The molecule has 0 saturated carbocycles. The van der Waals surface area contributed by atoms with Gasteiger partial charge in [-0.3, -0.25) is 0 Å². The summed E-state index contributed by atoms with van der Waals surface area (Å²) in [7, 11) is 0. The molecule has 112 valence electrons. The molecule has 0 aliphatic carbocycles. The molecule has 0 spiro atoms. The molecule has 0 saturated heterocycles. The Labute approximate surface area is 136 Å². The van der Waals surface area contributed by atoms with Crippen molar-refractivity contribution in [3.63, 3.8) is 0 Å². The summed E-state index contributed by atoms with van der Waals surface area (Å²) in [6.45, 7) is 2.09. The number of benzene rings is 1. The van der Waals surface area contributed by atoms with E-state index < -0.39 is 5.97 Å². The summed E-state index contributed by atoms with van der Waals surface area (Å²) in [4.78, 5) is 20.8. The summed E-state index contributed by atoms with van der Waals surface area (Å²) in [5, 5.41) is 2.56. The highest BCUT2D eigenvalue weighted by Gasteiger charge is 2.17. The van der Waals surface area contributed by atoms with Gasteiger partial charge in [0.2, 0.25) is 0 Å². The SMILES string of the molecule is CCOC(=O)C(=Cc1cccs1)c1nc2ccc(Cl)cc2[nH]1. The van der Waals surface area contributed by atoms with Crippen molar-refractivity contribution in [2.24, 2.45) is 0 Å². The molecule has 2 aromatic heterocycles. The van der Waals surface area contributed by atoms with Crippen LogP contribution in [0.25, 0.3) is 22.7 Å². The third-order valence-electron chi connectivity index (χ3n) is 3.02. The number of imidazole rings is 1. The highest BCUT2D eigenvalue weighted by Crippen LogP contribution is 2.24. The number of nitrogens with zero attached hydrogens (tertiary/aromatic N) is 1. The van der Waals surface area contributed by atoms with Crippen LogP contribution < -0.4 is 0 Å². The maximum atomic E-state index is 12.2. The summed E-state index contributed by atoms with van der Waals surface area (Å²) >= 11 is 7.53. The number of thiophene rings is 1. The Morgan fingerprint density at radius 3 is 3.05 bits per heavy atom. The lowest BCUT2D eigenvalue weighted by Gasteiger charge is -2.03. The summed E-state index contributed by atoms with van der Waals surface area (Å²) in [6.07, 6.45) is 1.78. The highest BCUT2D eigenvalue weighted by molar-refractivity contribution is 7.11. The Morgan fingerprint density at radius 1 is 1.45 bits per heavy atom. The van der Waals surface area contributed by atoms with Gasteiger partial charge >= 0.3 is 5.97 Å². The summed E-state index contributed by atoms with van der Waals surface area (Å²) in [5.41, 5.74) is 1.93. The molecule has 0 amide bonds. The fourth-order valence-electron chi connectivity index (χ4n) is 2.06. The van der Waals surface area contributed by atoms with E-state index in [1.54, 1.807) is 36.5 Å². The van der Waals surface area contributed by atoms with Crippen LogP contribution in [-0.2, 0) is 9.53 Å². The van der Waals surface area contributed by atoms with E-state index in [2.05, 4.69) is 9.97 Å². The number of rotatable bonds is 4. The number of nitrogens with one attached hydrogen (secondary N) is 1. The molecule has 1 aromatic carbocycles. The van der Waals surface area contributed by atoms with Gasteiger partial charge in [-0.05, 0) is 42.6 Å². The minimum Gasteiger partial charge on any atom is -0.462 e. The van der Waals surface area contributed by atoms with Gasteiger partial charge in [0, 0.05) is 9.90 Å². The van der Waals surface area contributed by atoms with Gasteiger partial charge in [0.05, 0.1) is 17.6 Å². The molecule has 0 fully saturated rings. The lowest BCUT2D eigenvalue weighted by atomic mass is 10.2. The maximum Gasteiger partial charge on any atom is 0.341 e. The van der Waals surface area contributed by atoms with Crippen molar-refractivity contribution in [3.8, 4) is 0 Å². The van der Waals surface area contributed by atoms with Crippen LogP contribution in [0.15, 0.2) is 35.7 Å². The quantitative estimate of drug-likeness (QED) is 0.569. The van der Waals surface area contributed by atoms with Crippen molar-refractivity contribution in [1.82, 2.24) is 9.97 Å². The van der Waals surface area contributed by atoms with Gasteiger partial charge in [-0.15, -0.1) is 11.3 Å². The van der Waals surface area contributed by atoms with E-state index in [0.29, 0.717) is 23.0 Å². The Morgan fingerprint density at radius 2 is 2.32 bits per heavy atom. The number of esters is 1. The molecular formula is C16H13ClN2O2S.